The van der Waals surface area contributed by atoms with Gasteiger partial charge in [0.2, 0.25) is 0 Å². The molecule has 2 N–H and O–H groups in total. The Morgan fingerprint density at radius 1 is 1.35 bits per heavy atom. The first-order valence-corrected chi connectivity index (χ1v) is 7.67. The number of urea groups is 1. The zero-order chi connectivity index (χ0) is 17.8. The van der Waals surface area contributed by atoms with Crippen LogP contribution in [0.4, 0.5) is 13.6 Å². The maximum absolute atomic E-state index is 14.1. The highest BCUT2D eigenvalue weighted by atomic mass is 19.1. The van der Waals surface area contributed by atoms with Crippen molar-refractivity contribution in [1.82, 2.24) is 10.2 Å². The molecule has 1 aromatic carbocycles. The van der Waals surface area contributed by atoms with E-state index in [4.69, 9.17) is 0 Å². The van der Waals surface area contributed by atoms with Crippen LogP contribution in [-0.2, 0) is 0 Å². The van der Waals surface area contributed by atoms with E-state index in [0.29, 0.717) is 13.0 Å². The van der Waals surface area contributed by atoms with Crippen molar-refractivity contribution < 1.29 is 18.7 Å². The summed E-state index contributed by atoms with van der Waals surface area (Å²) in [7, 11) is 1.61. The molecule has 0 aromatic heterocycles. The van der Waals surface area contributed by atoms with Gasteiger partial charge in [-0.2, -0.15) is 0 Å². The van der Waals surface area contributed by atoms with E-state index in [2.05, 4.69) is 5.32 Å². The summed E-state index contributed by atoms with van der Waals surface area (Å²) < 4.78 is 27.2. The summed E-state index contributed by atoms with van der Waals surface area (Å²) in [4.78, 5) is 13.7. The molecule has 0 spiro atoms. The third-order valence-corrected chi connectivity index (χ3v) is 3.64. The number of amides is 2. The minimum atomic E-state index is -0.683. The number of aliphatic hydroxyl groups excluding tert-OH is 1. The lowest BCUT2D eigenvalue weighted by Gasteiger charge is -2.33. The number of rotatable bonds is 5. The number of hydrogen-bond acceptors (Lipinski definition) is 2. The van der Waals surface area contributed by atoms with Crippen LogP contribution in [0.15, 0.2) is 18.2 Å². The van der Waals surface area contributed by atoms with Gasteiger partial charge in [0.05, 0.1) is 12.1 Å². The maximum Gasteiger partial charge on any atom is 0.317 e. The van der Waals surface area contributed by atoms with Crippen molar-refractivity contribution >= 4 is 6.03 Å². The molecule has 0 heterocycles. The molecule has 6 heteroatoms. The molecular weight excluding hydrogens is 302 g/mol. The second-order valence-electron chi connectivity index (χ2n) is 6.97. The molecule has 1 aromatic rings. The predicted molar refractivity (Wildman–Crippen MR) is 86.0 cm³/mol. The number of carbonyl (C=O) groups excluding carboxylic acids is 1. The van der Waals surface area contributed by atoms with E-state index in [9.17, 15) is 18.7 Å². The largest absolute Gasteiger partial charge is 0.393 e. The average Bonchev–Trinajstić information content (AvgIpc) is 2.41. The van der Waals surface area contributed by atoms with E-state index in [1.165, 1.54) is 17.0 Å². The van der Waals surface area contributed by atoms with E-state index in [1.54, 1.807) is 14.0 Å². The Morgan fingerprint density at radius 2 is 1.96 bits per heavy atom. The van der Waals surface area contributed by atoms with Crippen molar-refractivity contribution in [3.8, 4) is 0 Å². The van der Waals surface area contributed by atoms with Gasteiger partial charge in [0, 0.05) is 25.2 Å². The van der Waals surface area contributed by atoms with Gasteiger partial charge < -0.3 is 15.3 Å². The normalized spacial score (nSPS) is 14.3. The number of nitrogens with zero attached hydrogens (tertiary/aromatic N) is 1. The molecule has 0 radical (unpaired) electrons. The van der Waals surface area contributed by atoms with E-state index in [1.807, 2.05) is 20.8 Å². The first-order valence-electron chi connectivity index (χ1n) is 7.67. The number of benzene rings is 1. The third kappa shape index (κ3) is 5.78. The van der Waals surface area contributed by atoms with Crippen molar-refractivity contribution in [3.63, 3.8) is 0 Å². The Morgan fingerprint density at radius 3 is 2.43 bits per heavy atom. The topological polar surface area (TPSA) is 52.6 Å². The number of aliphatic hydroxyl groups is 1. The fraction of sp³-hybridized carbons (Fsp3) is 0.588. The summed E-state index contributed by atoms with van der Waals surface area (Å²) in [6.07, 6.45) is -0.0483. The Balaban J connectivity index is 2.94. The van der Waals surface area contributed by atoms with Crippen LogP contribution < -0.4 is 5.32 Å². The Labute approximate surface area is 136 Å². The highest BCUT2D eigenvalue weighted by Crippen LogP contribution is 2.34. The predicted octanol–water partition coefficient (Wildman–Crippen LogP) is 3.46. The second kappa shape index (κ2) is 7.73. The van der Waals surface area contributed by atoms with Crippen molar-refractivity contribution in [1.29, 1.82) is 0 Å². The highest BCUT2D eigenvalue weighted by Gasteiger charge is 2.31. The summed E-state index contributed by atoms with van der Waals surface area (Å²) in [5.41, 5.74) is -0.212. The summed E-state index contributed by atoms with van der Waals surface area (Å²) in [6, 6.07) is 2.38. The summed E-state index contributed by atoms with van der Waals surface area (Å²) in [5.74, 6) is -1.34. The fourth-order valence-corrected chi connectivity index (χ4v) is 2.21. The molecule has 0 aliphatic carbocycles. The van der Waals surface area contributed by atoms with Gasteiger partial charge in [-0.3, -0.25) is 0 Å². The van der Waals surface area contributed by atoms with Crippen LogP contribution in [-0.4, -0.2) is 35.7 Å². The van der Waals surface area contributed by atoms with Gasteiger partial charge in [0.1, 0.15) is 11.6 Å². The molecule has 0 saturated carbocycles. The Hall–Kier alpha value is -1.69. The molecule has 0 aliphatic rings. The lowest BCUT2D eigenvalue weighted by Crippen LogP contribution is -2.44. The molecule has 2 unspecified atom stereocenters. The Bertz CT molecular complexity index is 542. The quantitative estimate of drug-likeness (QED) is 0.869. The molecule has 0 saturated heterocycles. The van der Waals surface area contributed by atoms with Gasteiger partial charge in [0.25, 0.3) is 0 Å². The van der Waals surface area contributed by atoms with Crippen molar-refractivity contribution in [2.75, 3.05) is 13.6 Å². The summed E-state index contributed by atoms with van der Waals surface area (Å²) >= 11 is 0. The molecular formula is C17H26F2N2O2. The average molecular weight is 328 g/mol. The lowest BCUT2D eigenvalue weighted by molar-refractivity contribution is 0.157. The maximum atomic E-state index is 14.1. The molecule has 130 valence electrons. The highest BCUT2D eigenvalue weighted by molar-refractivity contribution is 5.74. The molecule has 0 aliphatic heterocycles. The monoisotopic (exact) mass is 328 g/mol. The number of nitrogens with one attached hydrogen (secondary N) is 1. The van der Waals surface area contributed by atoms with Crippen LogP contribution >= 0.6 is 0 Å². The lowest BCUT2D eigenvalue weighted by atomic mass is 9.82. The van der Waals surface area contributed by atoms with Crippen LogP contribution in [0.3, 0.4) is 0 Å². The first kappa shape index (κ1) is 19.4. The molecule has 2 atom stereocenters. The number of halogens is 2. The van der Waals surface area contributed by atoms with Crippen LogP contribution in [0.1, 0.15) is 45.7 Å². The van der Waals surface area contributed by atoms with Gasteiger partial charge in [-0.25, -0.2) is 13.6 Å². The first-order chi connectivity index (χ1) is 10.5. The molecule has 0 fully saturated rings. The SMILES string of the molecule is CC(O)CCN(C)C(=O)NC(c1ccc(F)cc1F)C(C)(C)C. The van der Waals surface area contributed by atoms with Gasteiger partial charge in [-0.1, -0.05) is 26.8 Å². The standard InChI is InChI=1S/C17H26F2N2O2/c1-11(22)8-9-21(5)16(23)20-15(17(2,3)4)13-7-6-12(18)10-14(13)19/h6-7,10-11,15,22H,8-9H2,1-5H3,(H,20,23). The molecule has 4 nitrogen and oxygen atoms in total. The zero-order valence-electron chi connectivity index (χ0n) is 14.4. The van der Waals surface area contributed by atoms with Crippen LogP contribution in [0, 0.1) is 17.0 Å². The van der Waals surface area contributed by atoms with Gasteiger partial charge in [-0.05, 0) is 24.8 Å². The summed E-state index contributed by atoms with van der Waals surface area (Å²) in [5, 5.41) is 12.1. The molecule has 23 heavy (non-hydrogen) atoms. The molecule has 2 amide bonds. The zero-order valence-corrected chi connectivity index (χ0v) is 14.4. The Kier molecular flexibility index (Phi) is 6.50. The van der Waals surface area contributed by atoms with E-state index in [0.717, 1.165) is 6.07 Å². The van der Waals surface area contributed by atoms with Crippen molar-refractivity contribution in [2.24, 2.45) is 5.41 Å². The van der Waals surface area contributed by atoms with Crippen LogP contribution in [0.5, 0.6) is 0 Å². The van der Waals surface area contributed by atoms with Gasteiger partial charge in [0.15, 0.2) is 0 Å². The third-order valence-electron chi connectivity index (χ3n) is 3.64. The van der Waals surface area contributed by atoms with E-state index >= 15 is 0 Å². The fourth-order valence-electron chi connectivity index (χ4n) is 2.21. The van der Waals surface area contributed by atoms with Crippen molar-refractivity contribution in [3.05, 3.63) is 35.4 Å². The number of hydrogen-bond donors (Lipinski definition) is 2. The minimum Gasteiger partial charge on any atom is -0.393 e. The second-order valence-corrected chi connectivity index (χ2v) is 6.97. The number of carbonyl (C=O) groups is 1. The van der Waals surface area contributed by atoms with Gasteiger partial charge in [-0.15, -0.1) is 0 Å². The smallest absolute Gasteiger partial charge is 0.317 e. The molecule has 0 bridgehead atoms. The van der Waals surface area contributed by atoms with E-state index in [-0.39, 0.29) is 11.6 Å². The molecule has 1 rings (SSSR count). The summed E-state index contributed by atoms with van der Waals surface area (Å²) in [6.45, 7) is 7.65. The van der Waals surface area contributed by atoms with Crippen LogP contribution in [0.2, 0.25) is 0 Å². The minimum absolute atomic E-state index is 0.246. The van der Waals surface area contributed by atoms with Crippen molar-refractivity contribution in [2.45, 2.75) is 46.3 Å². The van der Waals surface area contributed by atoms with E-state index < -0.39 is 29.2 Å². The van der Waals surface area contributed by atoms with Crippen LogP contribution in [0.25, 0.3) is 0 Å². The van der Waals surface area contributed by atoms with Gasteiger partial charge >= 0.3 is 6.03 Å².